The lowest BCUT2D eigenvalue weighted by Crippen LogP contribution is -2.17. The van der Waals surface area contributed by atoms with Crippen LogP contribution in [0.1, 0.15) is 5.56 Å². The molecule has 2 aromatic rings. The van der Waals surface area contributed by atoms with Crippen LogP contribution in [0.2, 0.25) is 0 Å². The SMILES string of the molecule is O=[S@]1c2ccccc2SN1CCc1ccccc1. The van der Waals surface area contributed by atoms with Gasteiger partial charge in [-0.15, -0.1) is 0 Å². The quantitative estimate of drug-likeness (QED) is 0.801. The summed E-state index contributed by atoms with van der Waals surface area (Å²) in [6.45, 7) is 0.802. The summed E-state index contributed by atoms with van der Waals surface area (Å²) in [5.41, 5.74) is 1.28. The van der Waals surface area contributed by atoms with E-state index in [4.69, 9.17) is 0 Å². The van der Waals surface area contributed by atoms with Crippen LogP contribution in [-0.4, -0.2) is 14.5 Å². The second-order valence-electron chi connectivity index (χ2n) is 4.08. The first-order valence-electron chi connectivity index (χ1n) is 5.85. The summed E-state index contributed by atoms with van der Waals surface area (Å²) in [5, 5.41) is 0. The fourth-order valence-corrected chi connectivity index (χ4v) is 4.61. The van der Waals surface area contributed by atoms with Crippen LogP contribution in [0.25, 0.3) is 0 Å². The molecule has 0 aliphatic carbocycles. The van der Waals surface area contributed by atoms with Crippen LogP contribution < -0.4 is 0 Å². The lowest BCUT2D eigenvalue weighted by molar-refractivity contribution is 0.631. The Morgan fingerprint density at radius 1 is 1.00 bits per heavy atom. The minimum Gasteiger partial charge on any atom is -0.236 e. The monoisotopic (exact) mass is 275 g/mol. The zero-order valence-electron chi connectivity index (χ0n) is 9.78. The highest BCUT2D eigenvalue weighted by molar-refractivity contribution is 8.08. The van der Waals surface area contributed by atoms with Crippen LogP contribution in [0.3, 0.4) is 0 Å². The Hall–Kier alpha value is -1.10. The molecule has 2 nitrogen and oxygen atoms in total. The van der Waals surface area contributed by atoms with Crippen molar-refractivity contribution < 1.29 is 4.21 Å². The van der Waals surface area contributed by atoms with E-state index in [1.165, 1.54) is 5.56 Å². The summed E-state index contributed by atoms with van der Waals surface area (Å²) in [6.07, 6.45) is 0.924. The van der Waals surface area contributed by atoms with E-state index in [1.807, 2.05) is 46.2 Å². The molecular weight excluding hydrogens is 262 g/mol. The highest BCUT2D eigenvalue weighted by Gasteiger charge is 2.27. The molecule has 1 aliphatic heterocycles. The molecule has 3 rings (SSSR count). The lowest BCUT2D eigenvalue weighted by Gasteiger charge is -2.11. The lowest BCUT2D eigenvalue weighted by atomic mass is 10.2. The molecule has 0 aromatic heterocycles. The molecule has 2 aromatic carbocycles. The standard InChI is InChI=1S/C14H13NOS2/c16-18-14-9-5-4-8-13(14)17-15(18)11-10-12-6-2-1-3-7-12/h1-9H,10-11H2/t18-/m0/s1. The zero-order chi connectivity index (χ0) is 12.4. The van der Waals surface area contributed by atoms with E-state index < -0.39 is 11.0 Å². The number of fused-ring (bicyclic) bond motifs is 1. The minimum absolute atomic E-state index is 0.802. The second kappa shape index (κ2) is 5.26. The number of nitrogens with zero attached hydrogens (tertiary/aromatic N) is 1. The van der Waals surface area contributed by atoms with Crippen molar-refractivity contribution in [1.82, 2.24) is 3.71 Å². The Kier molecular flexibility index (Phi) is 3.50. The van der Waals surface area contributed by atoms with Gasteiger partial charge in [0.25, 0.3) is 0 Å². The Bertz CT molecular complexity index is 571. The molecule has 0 unspecified atom stereocenters. The van der Waals surface area contributed by atoms with Crippen molar-refractivity contribution in [2.75, 3.05) is 6.54 Å². The molecule has 0 bridgehead atoms. The number of rotatable bonds is 3. The van der Waals surface area contributed by atoms with Gasteiger partial charge < -0.3 is 0 Å². The molecule has 4 heteroatoms. The smallest absolute Gasteiger partial charge is 0.139 e. The third-order valence-electron chi connectivity index (χ3n) is 2.85. The van der Waals surface area contributed by atoms with Gasteiger partial charge >= 0.3 is 0 Å². The Balaban J connectivity index is 1.68. The molecule has 0 fully saturated rings. The first-order valence-corrected chi connectivity index (χ1v) is 7.73. The maximum absolute atomic E-state index is 12.2. The van der Waals surface area contributed by atoms with Gasteiger partial charge in [0.05, 0.1) is 4.90 Å². The third kappa shape index (κ3) is 2.36. The summed E-state index contributed by atoms with van der Waals surface area (Å²) in [5.74, 6) is 0. The van der Waals surface area contributed by atoms with Gasteiger partial charge in [0.15, 0.2) is 0 Å². The second-order valence-corrected chi connectivity index (χ2v) is 6.75. The average molecular weight is 275 g/mol. The minimum atomic E-state index is -1.01. The van der Waals surface area contributed by atoms with Crippen molar-refractivity contribution in [3.05, 3.63) is 60.2 Å². The molecule has 92 valence electrons. The first-order chi connectivity index (χ1) is 8.84. The van der Waals surface area contributed by atoms with E-state index in [0.29, 0.717) is 0 Å². The van der Waals surface area contributed by atoms with Crippen LogP contribution >= 0.6 is 11.9 Å². The van der Waals surface area contributed by atoms with E-state index in [0.717, 1.165) is 22.8 Å². The average Bonchev–Trinajstić information content (AvgIpc) is 2.75. The predicted molar refractivity (Wildman–Crippen MR) is 75.6 cm³/mol. The Labute approximate surface area is 114 Å². The maximum Gasteiger partial charge on any atom is 0.139 e. The van der Waals surface area contributed by atoms with Gasteiger partial charge in [-0.2, -0.15) is 3.71 Å². The van der Waals surface area contributed by atoms with Gasteiger partial charge in [0.1, 0.15) is 11.0 Å². The van der Waals surface area contributed by atoms with Crippen LogP contribution in [0.5, 0.6) is 0 Å². The Morgan fingerprint density at radius 2 is 1.72 bits per heavy atom. The number of hydrogen-bond donors (Lipinski definition) is 0. The molecule has 0 N–H and O–H groups in total. The molecule has 1 heterocycles. The topological polar surface area (TPSA) is 20.3 Å². The molecule has 18 heavy (non-hydrogen) atoms. The number of hydrogen-bond acceptors (Lipinski definition) is 2. The summed E-state index contributed by atoms with van der Waals surface area (Å²) >= 11 is 1.60. The molecule has 0 saturated carbocycles. The highest BCUT2D eigenvalue weighted by Crippen LogP contribution is 2.38. The summed E-state index contributed by atoms with van der Waals surface area (Å²) < 4.78 is 14.2. The molecule has 1 aliphatic rings. The van der Waals surface area contributed by atoms with E-state index in [9.17, 15) is 4.21 Å². The molecular formula is C14H13NOS2. The largest absolute Gasteiger partial charge is 0.236 e. The van der Waals surface area contributed by atoms with Crippen LogP contribution in [0, 0.1) is 0 Å². The van der Waals surface area contributed by atoms with Crippen molar-refractivity contribution in [2.45, 2.75) is 16.2 Å². The van der Waals surface area contributed by atoms with Crippen molar-refractivity contribution in [2.24, 2.45) is 0 Å². The van der Waals surface area contributed by atoms with Gasteiger partial charge in [-0.3, -0.25) is 0 Å². The van der Waals surface area contributed by atoms with Crippen molar-refractivity contribution in [3.8, 4) is 0 Å². The Morgan fingerprint density at radius 3 is 2.50 bits per heavy atom. The highest BCUT2D eigenvalue weighted by atomic mass is 32.2. The first kappa shape index (κ1) is 12.0. The molecule has 0 radical (unpaired) electrons. The van der Waals surface area contributed by atoms with Crippen LogP contribution in [0.4, 0.5) is 0 Å². The van der Waals surface area contributed by atoms with Gasteiger partial charge in [-0.1, -0.05) is 42.5 Å². The van der Waals surface area contributed by atoms with Gasteiger partial charge in [-0.05, 0) is 36.1 Å². The fourth-order valence-electron chi connectivity index (χ4n) is 1.92. The van der Waals surface area contributed by atoms with Gasteiger partial charge in [-0.25, -0.2) is 4.21 Å². The normalized spacial score (nSPS) is 18.8. The summed E-state index contributed by atoms with van der Waals surface area (Å²) in [7, 11) is -1.01. The molecule has 0 spiro atoms. The fraction of sp³-hybridized carbons (Fsp3) is 0.143. The third-order valence-corrected chi connectivity index (χ3v) is 5.83. The predicted octanol–water partition coefficient (Wildman–Crippen LogP) is 3.27. The van der Waals surface area contributed by atoms with Crippen LogP contribution in [0.15, 0.2) is 64.4 Å². The molecule has 1 atom stereocenters. The molecule has 0 amide bonds. The summed E-state index contributed by atoms with van der Waals surface area (Å²) in [4.78, 5) is 2.06. The van der Waals surface area contributed by atoms with Crippen molar-refractivity contribution in [3.63, 3.8) is 0 Å². The van der Waals surface area contributed by atoms with Gasteiger partial charge in [0.2, 0.25) is 0 Å². The van der Waals surface area contributed by atoms with Crippen molar-refractivity contribution >= 4 is 22.9 Å². The van der Waals surface area contributed by atoms with E-state index in [-0.39, 0.29) is 0 Å². The number of benzene rings is 2. The van der Waals surface area contributed by atoms with E-state index in [2.05, 4.69) is 12.1 Å². The van der Waals surface area contributed by atoms with Crippen molar-refractivity contribution in [1.29, 1.82) is 0 Å². The summed E-state index contributed by atoms with van der Waals surface area (Å²) in [6, 6.07) is 18.2. The van der Waals surface area contributed by atoms with Gasteiger partial charge in [0, 0.05) is 11.4 Å². The molecule has 0 saturated heterocycles. The zero-order valence-corrected chi connectivity index (χ0v) is 11.4. The van der Waals surface area contributed by atoms with Crippen LogP contribution in [-0.2, 0) is 17.4 Å². The van der Waals surface area contributed by atoms with E-state index >= 15 is 0 Å². The maximum atomic E-state index is 12.2. The van der Waals surface area contributed by atoms with E-state index in [1.54, 1.807) is 11.9 Å².